The minimum Gasteiger partial charge on any atom is -0.366 e. The Morgan fingerprint density at radius 2 is 1.89 bits per heavy atom. The van der Waals surface area contributed by atoms with Crippen LogP contribution in [0.3, 0.4) is 0 Å². The van der Waals surface area contributed by atoms with E-state index in [-0.39, 0.29) is 47.3 Å². The number of anilines is 1. The van der Waals surface area contributed by atoms with Gasteiger partial charge in [-0.2, -0.15) is 13.2 Å². The molecular weight excluding hydrogens is 497 g/mol. The van der Waals surface area contributed by atoms with Crippen molar-refractivity contribution in [2.24, 2.45) is 0 Å². The molecule has 1 N–H and O–H groups in total. The molecule has 3 heterocycles. The predicted molar refractivity (Wildman–Crippen MR) is 123 cm³/mol. The lowest BCUT2D eigenvalue weighted by Gasteiger charge is -2.15. The molecule has 0 saturated carbocycles. The van der Waals surface area contributed by atoms with Gasteiger partial charge < -0.3 is 10.2 Å². The van der Waals surface area contributed by atoms with Crippen molar-refractivity contribution in [3.63, 3.8) is 0 Å². The second-order valence-electron chi connectivity index (χ2n) is 8.52. The van der Waals surface area contributed by atoms with Crippen LogP contribution >= 0.6 is 0 Å². The zero-order valence-corrected chi connectivity index (χ0v) is 19.5. The van der Waals surface area contributed by atoms with Gasteiger partial charge in [0.15, 0.2) is 11.6 Å². The molecule has 2 aromatic heterocycles. The van der Waals surface area contributed by atoms with Gasteiger partial charge in [0.25, 0.3) is 0 Å². The van der Waals surface area contributed by atoms with Crippen molar-refractivity contribution in [1.82, 2.24) is 19.9 Å². The van der Waals surface area contributed by atoms with Gasteiger partial charge in [0.1, 0.15) is 23.1 Å². The molecule has 0 spiro atoms. The predicted octanol–water partition coefficient (Wildman–Crippen LogP) is 5.03. The third kappa shape index (κ3) is 6.63. The fraction of sp³-hybridized carbons (Fsp3) is 0.320. The van der Waals surface area contributed by atoms with Crippen LogP contribution in [-0.2, 0) is 17.5 Å². The molecule has 194 valence electrons. The molecule has 0 atom stereocenters. The Morgan fingerprint density at radius 1 is 1.08 bits per heavy atom. The highest BCUT2D eigenvalue weighted by Gasteiger charge is 2.31. The first-order valence-corrected chi connectivity index (χ1v) is 11.5. The summed E-state index contributed by atoms with van der Waals surface area (Å²) in [5, 5.41) is 2.82. The number of aromatic nitrogens is 3. The molecule has 3 aromatic rings. The summed E-state index contributed by atoms with van der Waals surface area (Å²) in [5.41, 5.74) is -1.02. The third-order valence-corrected chi connectivity index (χ3v) is 5.81. The summed E-state index contributed by atoms with van der Waals surface area (Å²) in [6.07, 6.45) is -1.15. The number of nitrogens with zero attached hydrogens (tertiary/aromatic N) is 4. The van der Waals surface area contributed by atoms with E-state index >= 15 is 0 Å². The largest absolute Gasteiger partial charge is 0.417 e. The second kappa shape index (κ2) is 11.0. The Balaban J connectivity index is 1.59. The van der Waals surface area contributed by atoms with E-state index in [9.17, 15) is 31.5 Å². The van der Waals surface area contributed by atoms with E-state index in [0.717, 1.165) is 30.8 Å². The molecule has 0 radical (unpaired) electrons. The van der Waals surface area contributed by atoms with Crippen molar-refractivity contribution in [2.75, 3.05) is 18.4 Å². The molecule has 0 bridgehead atoms. The maximum atomic E-state index is 14.0. The summed E-state index contributed by atoms with van der Waals surface area (Å²) >= 11 is 0. The number of likely N-dealkylation sites (tertiary alicyclic amines) is 1. The highest BCUT2D eigenvalue weighted by atomic mass is 19.4. The van der Waals surface area contributed by atoms with Crippen molar-refractivity contribution < 1.29 is 31.5 Å². The van der Waals surface area contributed by atoms with Crippen molar-refractivity contribution in [1.29, 1.82) is 0 Å². The number of benzene rings is 1. The number of alkyl halides is 3. The van der Waals surface area contributed by atoms with Crippen LogP contribution in [0.25, 0.3) is 11.4 Å². The van der Waals surface area contributed by atoms with Gasteiger partial charge in [0.2, 0.25) is 5.91 Å². The van der Waals surface area contributed by atoms with Gasteiger partial charge in [-0.3, -0.25) is 14.6 Å². The van der Waals surface area contributed by atoms with Gasteiger partial charge in [0.05, 0.1) is 5.56 Å². The number of ketones is 1. The van der Waals surface area contributed by atoms with Crippen LogP contribution in [-0.4, -0.2) is 44.6 Å². The number of nitrogens with one attached hydrogen (secondary N) is 1. The lowest BCUT2D eigenvalue weighted by atomic mass is 10.1. The van der Waals surface area contributed by atoms with Crippen molar-refractivity contribution in [2.45, 2.75) is 38.4 Å². The van der Waals surface area contributed by atoms with Gasteiger partial charge in [0, 0.05) is 68.1 Å². The van der Waals surface area contributed by atoms with Crippen LogP contribution in [0.1, 0.15) is 47.3 Å². The number of carbonyl (C=O) groups excluding carboxylic acids is 2. The lowest BCUT2D eigenvalue weighted by Crippen LogP contribution is -2.26. The summed E-state index contributed by atoms with van der Waals surface area (Å²) < 4.78 is 66.9. The molecule has 1 aromatic carbocycles. The van der Waals surface area contributed by atoms with Crippen molar-refractivity contribution in [3.05, 3.63) is 71.2 Å². The van der Waals surface area contributed by atoms with E-state index in [4.69, 9.17) is 0 Å². The molecule has 37 heavy (non-hydrogen) atoms. The van der Waals surface area contributed by atoms with E-state index in [1.807, 2.05) is 0 Å². The molecule has 12 heteroatoms. The SMILES string of the molecule is O=C(CCCN1CCCC1=O)c1cc(NCc2ccc(F)cc2F)nc(-c2cncc(C(F)(F)F)c2)n1. The summed E-state index contributed by atoms with van der Waals surface area (Å²) in [6.45, 7) is 0.921. The normalized spacial score (nSPS) is 13.8. The van der Waals surface area contributed by atoms with Crippen molar-refractivity contribution in [3.8, 4) is 11.4 Å². The third-order valence-electron chi connectivity index (χ3n) is 5.81. The Bertz CT molecular complexity index is 1310. The zero-order valence-electron chi connectivity index (χ0n) is 19.5. The average molecular weight is 519 g/mol. The van der Waals surface area contributed by atoms with E-state index in [1.54, 1.807) is 4.90 Å². The van der Waals surface area contributed by atoms with Crippen LogP contribution < -0.4 is 5.32 Å². The van der Waals surface area contributed by atoms with E-state index < -0.39 is 29.2 Å². The van der Waals surface area contributed by atoms with Gasteiger partial charge in [-0.15, -0.1) is 0 Å². The number of Topliss-reactive ketones (excluding diaryl/α,β-unsaturated/α-hetero) is 1. The number of rotatable bonds is 9. The molecule has 0 aliphatic carbocycles. The summed E-state index contributed by atoms with van der Waals surface area (Å²) in [6, 6.07) is 5.17. The van der Waals surface area contributed by atoms with E-state index in [2.05, 4.69) is 20.3 Å². The lowest BCUT2D eigenvalue weighted by molar-refractivity contribution is -0.137. The van der Waals surface area contributed by atoms with Gasteiger partial charge in [-0.05, 0) is 25.0 Å². The minimum absolute atomic E-state index is 0.0355. The molecule has 1 aliphatic rings. The topological polar surface area (TPSA) is 88.1 Å². The Hall–Kier alpha value is -3.96. The summed E-state index contributed by atoms with van der Waals surface area (Å²) in [4.78, 5) is 38.3. The van der Waals surface area contributed by atoms with Crippen LogP contribution in [0.5, 0.6) is 0 Å². The number of halogens is 5. The summed E-state index contributed by atoms with van der Waals surface area (Å²) in [5.74, 6) is -2.02. The number of hydrogen-bond acceptors (Lipinski definition) is 6. The first-order valence-electron chi connectivity index (χ1n) is 11.5. The highest BCUT2D eigenvalue weighted by molar-refractivity contribution is 5.95. The van der Waals surface area contributed by atoms with Crippen LogP contribution in [0, 0.1) is 11.6 Å². The molecule has 1 saturated heterocycles. The van der Waals surface area contributed by atoms with Crippen LogP contribution in [0.4, 0.5) is 27.8 Å². The fourth-order valence-corrected chi connectivity index (χ4v) is 3.88. The smallest absolute Gasteiger partial charge is 0.366 e. The van der Waals surface area contributed by atoms with Crippen LogP contribution in [0.15, 0.2) is 42.7 Å². The molecule has 7 nitrogen and oxygen atoms in total. The Kier molecular flexibility index (Phi) is 7.74. The van der Waals surface area contributed by atoms with E-state index in [0.29, 0.717) is 32.1 Å². The molecule has 1 aliphatic heterocycles. The molecular formula is C25H22F5N5O2. The molecule has 4 rings (SSSR count). The monoisotopic (exact) mass is 519 g/mol. The standard InChI is InChI=1S/C25H22F5N5O2/c26-18-6-5-15(19(27)10-18)13-32-22-11-20(21(36)3-1-7-35-8-2-4-23(35)37)33-24(34-22)16-9-17(14-31-12-16)25(28,29)30/h5-6,9-12,14H,1-4,7-8,13H2,(H,32,33,34). The number of amides is 1. The first kappa shape index (κ1) is 26.1. The first-order chi connectivity index (χ1) is 17.6. The van der Waals surface area contributed by atoms with E-state index in [1.165, 1.54) is 12.1 Å². The number of hydrogen-bond donors (Lipinski definition) is 1. The Morgan fingerprint density at radius 3 is 2.59 bits per heavy atom. The number of carbonyl (C=O) groups is 2. The minimum atomic E-state index is -4.65. The van der Waals surface area contributed by atoms with Crippen molar-refractivity contribution >= 4 is 17.5 Å². The molecule has 1 fully saturated rings. The average Bonchev–Trinajstić information content (AvgIpc) is 3.27. The maximum absolute atomic E-state index is 14.0. The second-order valence-corrected chi connectivity index (χ2v) is 8.52. The quantitative estimate of drug-likeness (QED) is 0.315. The van der Waals surface area contributed by atoms with Gasteiger partial charge >= 0.3 is 6.18 Å². The molecule has 0 unspecified atom stereocenters. The fourth-order valence-electron chi connectivity index (χ4n) is 3.88. The Labute approximate surface area is 208 Å². The highest BCUT2D eigenvalue weighted by Crippen LogP contribution is 2.31. The van der Waals surface area contributed by atoms with Gasteiger partial charge in [-0.1, -0.05) is 6.07 Å². The zero-order chi connectivity index (χ0) is 26.6. The molecule has 1 amide bonds. The van der Waals surface area contributed by atoms with Crippen LogP contribution in [0.2, 0.25) is 0 Å². The van der Waals surface area contributed by atoms with Gasteiger partial charge in [-0.25, -0.2) is 18.7 Å². The summed E-state index contributed by atoms with van der Waals surface area (Å²) in [7, 11) is 0. The maximum Gasteiger partial charge on any atom is 0.417 e. The number of pyridine rings is 1.